The lowest BCUT2D eigenvalue weighted by molar-refractivity contribution is 0.676. The molecule has 0 bridgehead atoms. The summed E-state index contributed by atoms with van der Waals surface area (Å²) < 4.78 is 0. The summed E-state index contributed by atoms with van der Waals surface area (Å²) in [5.41, 5.74) is 3.64. The number of pyridine rings is 1. The monoisotopic (exact) mass is 285 g/mol. The highest BCUT2D eigenvalue weighted by Gasteiger charge is 2.07. The summed E-state index contributed by atoms with van der Waals surface area (Å²) >= 11 is 6.10. The van der Waals surface area contributed by atoms with Gasteiger partial charge in [0.25, 0.3) is 0 Å². The number of hydrogen-bond donors (Lipinski definition) is 1. The molecule has 20 heavy (non-hydrogen) atoms. The van der Waals surface area contributed by atoms with E-state index in [1.165, 1.54) is 0 Å². The largest absolute Gasteiger partial charge is 0.313 e. The molecule has 3 nitrogen and oxygen atoms in total. The first kappa shape index (κ1) is 14.5. The van der Waals surface area contributed by atoms with E-state index in [1.54, 1.807) is 12.4 Å². The van der Waals surface area contributed by atoms with Crippen LogP contribution in [0.4, 0.5) is 0 Å². The molecule has 0 aliphatic carbocycles. The lowest BCUT2D eigenvalue weighted by Crippen LogP contribution is -2.14. The fourth-order valence-electron chi connectivity index (χ4n) is 2.02. The molecule has 0 aliphatic rings. The van der Waals surface area contributed by atoms with Gasteiger partial charge < -0.3 is 5.32 Å². The Morgan fingerprint density at radius 1 is 1.30 bits per heavy atom. The van der Waals surface area contributed by atoms with Gasteiger partial charge in [0, 0.05) is 29.5 Å². The van der Waals surface area contributed by atoms with Crippen LogP contribution in [0.3, 0.4) is 0 Å². The van der Waals surface area contributed by atoms with E-state index in [-0.39, 0.29) is 0 Å². The number of aromatic nitrogens is 1. The molecule has 0 fully saturated rings. The van der Waals surface area contributed by atoms with Crippen LogP contribution in [-0.2, 0) is 6.54 Å². The fourth-order valence-corrected chi connectivity index (χ4v) is 2.19. The van der Waals surface area contributed by atoms with Crippen molar-refractivity contribution in [2.75, 3.05) is 6.54 Å². The minimum atomic E-state index is 0.551. The molecule has 0 radical (unpaired) electrons. The SMILES string of the molecule is CCCNCc1ccc(Cl)cc1-c1cncc(C#N)c1. The molecule has 1 aromatic heterocycles. The Bertz CT molecular complexity index is 632. The van der Waals surface area contributed by atoms with Crippen LogP contribution in [0.15, 0.2) is 36.7 Å². The van der Waals surface area contributed by atoms with E-state index in [0.29, 0.717) is 10.6 Å². The van der Waals surface area contributed by atoms with E-state index < -0.39 is 0 Å². The van der Waals surface area contributed by atoms with E-state index in [1.807, 2.05) is 24.3 Å². The summed E-state index contributed by atoms with van der Waals surface area (Å²) in [6.45, 7) is 3.88. The Hall–Kier alpha value is -1.89. The van der Waals surface area contributed by atoms with Crippen molar-refractivity contribution < 1.29 is 0 Å². The van der Waals surface area contributed by atoms with Gasteiger partial charge in [-0.2, -0.15) is 5.26 Å². The lowest BCUT2D eigenvalue weighted by atomic mass is 10.00. The molecule has 1 aromatic carbocycles. The number of benzene rings is 1. The highest BCUT2D eigenvalue weighted by molar-refractivity contribution is 6.30. The second-order valence-corrected chi connectivity index (χ2v) is 4.99. The Morgan fingerprint density at radius 3 is 2.90 bits per heavy atom. The molecule has 0 atom stereocenters. The van der Waals surface area contributed by atoms with Crippen LogP contribution in [0.1, 0.15) is 24.5 Å². The van der Waals surface area contributed by atoms with Gasteiger partial charge in [-0.1, -0.05) is 24.6 Å². The van der Waals surface area contributed by atoms with Crippen LogP contribution in [0.5, 0.6) is 0 Å². The molecule has 4 heteroatoms. The van der Waals surface area contributed by atoms with E-state index in [2.05, 4.69) is 23.3 Å². The van der Waals surface area contributed by atoms with E-state index in [9.17, 15) is 0 Å². The first-order valence-electron chi connectivity index (χ1n) is 6.59. The fraction of sp³-hybridized carbons (Fsp3) is 0.250. The number of nitrogens with zero attached hydrogens (tertiary/aromatic N) is 2. The number of halogens is 1. The summed E-state index contributed by atoms with van der Waals surface area (Å²) in [4.78, 5) is 4.11. The van der Waals surface area contributed by atoms with Gasteiger partial charge >= 0.3 is 0 Å². The van der Waals surface area contributed by atoms with Crippen LogP contribution in [0.2, 0.25) is 5.02 Å². The Balaban J connectivity index is 2.37. The third kappa shape index (κ3) is 3.57. The van der Waals surface area contributed by atoms with E-state index in [0.717, 1.165) is 36.2 Å². The molecule has 1 heterocycles. The molecule has 0 unspecified atom stereocenters. The molecule has 0 saturated carbocycles. The molecule has 1 N–H and O–H groups in total. The Morgan fingerprint density at radius 2 is 2.15 bits per heavy atom. The van der Waals surface area contributed by atoms with Gasteiger partial charge in [0.15, 0.2) is 0 Å². The summed E-state index contributed by atoms with van der Waals surface area (Å²) in [5.74, 6) is 0. The smallest absolute Gasteiger partial charge is 0.101 e. The Kier molecular flexibility index (Phi) is 5.11. The second-order valence-electron chi connectivity index (χ2n) is 4.55. The molecule has 2 aromatic rings. The highest BCUT2D eigenvalue weighted by Crippen LogP contribution is 2.27. The summed E-state index contributed by atoms with van der Waals surface area (Å²) in [7, 11) is 0. The minimum Gasteiger partial charge on any atom is -0.313 e. The van der Waals surface area contributed by atoms with Crippen molar-refractivity contribution in [3.63, 3.8) is 0 Å². The van der Waals surface area contributed by atoms with Crippen molar-refractivity contribution in [3.8, 4) is 17.2 Å². The molecule has 0 aliphatic heterocycles. The predicted molar refractivity (Wildman–Crippen MR) is 81.4 cm³/mol. The quantitative estimate of drug-likeness (QED) is 0.851. The Labute approximate surface area is 124 Å². The summed E-state index contributed by atoms with van der Waals surface area (Å²) in [6.07, 6.45) is 4.41. The zero-order valence-electron chi connectivity index (χ0n) is 11.4. The van der Waals surface area contributed by atoms with Crippen LogP contribution in [-0.4, -0.2) is 11.5 Å². The molecule has 102 valence electrons. The van der Waals surface area contributed by atoms with E-state index >= 15 is 0 Å². The number of nitriles is 1. The zero-order valence-corrected chi connectivity index (χ0v) is 12.1. The highest BCUT2D eigenvalue weighted by atomic mass is 35.5. The van der Waals surface area contributed by atoms with Crippen LogP contribution < -0.4 is 5.32 Å². The predicted octanol–water partition coefficient (Wildman–Crippen LogP) is 3.77. The maximum atomic E-state index is 8.98. The van der Waals surface area contributed by atoms with Crippen molar-refractivity contribution in [1.82, 2.24) is 10.3 Å². The zero-order chi connectivity index (χ0) is 14.4. The van der Waals surface area contributed by atoms with Gasteiger partial charge in [0.1, 0.15) is 6.07 Å². The van der Waals surface area contributed by atoms with Crippen LogP contribution in [0.25, 0.3) is 11.1 Å². The standard InChI is InChI=1S/C16H16ClN3/c1-2-5-19-10-13-3-4-15(17)7-16(13)14-6-12(8-18)9-20-11-14/h3-4,6-7,9,11,19H,2,5,10H2,1H3. The molecule has 0 amide bonds. The van der Waals surface area contributed by atoms with Crippen molar-refractivity contribution in [1.29, 1.82) is 5.26 Å². The van der Waals surface area contributed by atoms with Gasteiger partial charge in [-0.05, 0) is 42.3 Å². The summed E-state index contributed by atoms with van der Waals surface area (Å²) in [5, 5.41) is 13.0. The van der Waals surface area contributed by atoms with Gasteiger partial charge in [0.05, 0.1) is 5.56 Å². The first-order valence-corrected chi connectivity index (χ1v) is 6.97. The van der Waals surface area contributed by atoms with Crippen LogP contribution >= 0.6 is 11.6 Å². The molecule has 0 saturated heterocycles. The average molecular weight is 286 g/mol. The molecule has 0 spiro atoms. The van der Waals surface area contributed by atoms with Gasteiger partial charge in [0.2, 0.25) is 0 Å². The van der Waals surface area contributed by atoms with Crippen LogP contribution in [0, 0.1) is 11.3 Å². The van der Waals surface area contributed by atoms with Crippen molar-refractivity contribution in [2.45, 2.75) is 19.9 Å². The number of hydrogen-bond acceptors (Lipinski definition) is 3. The topological polar surface area (TPSA) is 48.7 Å². The molecular weight excluding hydrogens is 270 g/mol. The third-order valence-corrected chi connectivity index (χ3v) is 3.23. The average Bonchev–Trinajstić information content (AvgIpc) is 2.49. The summed E-state index contributed by atoms with van der Waals surface area (Å²) in [6, 6.07) is 9.76. The number of rotatable bonds is 5. The minimum absolute atomic E-state index is 0.551. The normalized spacial score (nSPS) is 10.2. The maximum absolute atomic E-state index is 8.98. The van der Waals surface area contributed by atoms with Gasteiger partial charge in [-0.15, -0.1) is 0 Å². The lowest BCUT2D eigenvalue weighted by Gasteiger charge is -2.11. The molecule has 2 rings (SSSR count). The van der Waals surface area contributed by atoms with Crippen molar-refractivity contribution in [2.24, 2.45) is 0 Å². The number of nitrogens with one attached hydrogen (secondary N) is 1. The molecular formula is C16H16ClN3. The van der Waals surface area contributed by atoms with E-state index in [4.69, 9.17) is 16.9 Å². The second kappa shape index (κ2) is 7.04. The first-order chi connectivity index (χ1) is 9.74. The van der Waals surface area contributed by atoms with Gasteiger partial charge in [-0.25, -0.2) is 0 Å². The van der Waals surface area contributed by atoms with Crippen molar-refractivity contribution >= 4 is 11.6 Å². The maximum Gasteiger partial charge on any atom is 0.101 e. The van der Waals surface area contributed by atoms with Crippen molar-refractivity contribution in [3.05, 3.63) is 52.8 Å². The third-order valence-electron chi connectivity index (χ3n) is 2.99. The van der Waals surface area contributed by atoms with Gasteiger partial charge in [-0.3, -0.25) is 4.98 Å².